The molecular weight excluding hydrogens is 424 g/mol. The van der Waals surface area contributed by atoms with Crippen LogP contribution in [0.25, 0.3) is 6.08 Å². The van der Waals surface area contributed by atoms with E-state index < -0.39 is 5.97 Å². The first-order valence-corrected chi connectivity index (χ1v) is 10.3. The Balaban J connectivity index is 1.56. The Kier molecular flexibility index (Phi) is 6.31. The SMILES string of the molecule is CCOc1ccc2c(c1)O/C(=C\c1ccc(OC(=O)c3ccccc3OC)c(OC)c1)C2=O. The van der Waals surface area contributed by atoms with Gasteiger partial charge in [0.1, 0.15) is 22.8 Å². The Labute approximate surface area is 191 Å². The van der Waals surface area contributed by atoms with Gasteiger partial charge in [-0.1, -0.05) is 18.2 Å². The maximum atomic E-state index is 12.7. The van der Waals surface area contributed by atoms with Gasteiger partial charge >= 0.3 is 5.97 Å². The van der Waals surface area contributed by atoms with Gasteiger partial charge in [-0.15, -0.1) is 0 Å². The van der Waals surface area contributed by atoms with Crippen molar-refractivity contribution in [2.75, 3.05) is 20.8 Å². The highest BCUT2D eigenvalue weighted by atomic mass is 16.6. The Hall–Kier alpha value is -4.26. The van der Waals surface area contributed by atoms with Crippen molar-refractivity contribution in [3.63, 3.8) is 0 Å². The van der Waals surface area contributed by atoms with E-state index in [1.54, 1.807) is 66.7 Å². The zero-order valence-electron chi connectivity index (χ0n) is 18.4. The summed E-state index contributed by atoms with van der Waals surface area (Å²) in [5.74, 6) is 1.43. The molecule has 0 radical (unpaired) electrons. The van der Waals surface area contributed by atoms with Crippen LogP contribution in [0.15, 0.2) is 66.4 Å². The summed E-state index contributed by atoms with van der Waals surface area (Å²) in [5.41, 5.74) is 1.41. The maximum Gasteiger partial charge on any atom is 0.347 e. The molecule has 0 N–H and O–H groups in total. The van der Waals surface area contributed by atoms with E-state index in [1.165, 1.54) is 14.2 Å². The van der Waals surface area contributed by atoms with Crippen molar-refractivity contribution >= 4 is 17.8 Å². The van der Waals surface area contributed by atoms with Crippen LogP contribution in [0.1, 0.15) is 33.2 Å². The number of Topliss-reactive ketones (excluding diaryl/α,β-unsaturated/α-hetero) is 1. The largest absolute Gasteiger partial charge is 0.496 e. The van der Waals surface area contributed by atoms with Crippen molar-refractivity contribution in [1.29, 1.82) is 0 Å². The van der Waals surface area contributed by atoms with Gasteiger partial charge in [0.2, 0.25) is 5.78 Å². The highest BCUT2D eigenvalue weighted by Gasteiger charge is 2.28. The number of hydrogen-bond donors (Lipinski definition) is 0. The van der Waals surface area contributed by atoms with Gasteiger partial charge in [-0.3, -0.25) is 4.79 Å². The number of esters is 1. The quantitative estimate of drug-likeness (QED) is 0.289. The maximum absolute atomic E-state index is 12.7. The summed E-state index contributed by atoms with van der Waals surface area (Å²) in [6.07, 6.45) is 1.61. The van der Waals surface area contributed by atoms with Crippen LogP contribution in [0.2, 0.25) is 0 Å². The molecule has 7 heteroatoms. The number of methoxy groups -OCH3 is 2. The van der Waals surface area contributed by atoms with Crippen LogP contribution in [-0.2, 0) is 0 Å². The molecule has 1 heterocycles. The van der Waals surface area contributed by atoms with E-state index in [0.717, 1.165) is 0 Å². The monoisotopic (exact) mass is 446 g/mol. The number of ketones is 1. The van der Waals surface area contributed by atoms with Crippen LogP contribution in [0.4, 0.5) is 0 Å². The molecule has 1 aliphatic heterocycles. The van der Waals surface area contributed by atoms with Crippen molar-refractivity contribution in [3.8, 4) is 28.7 Å². The van der Waals surface area contributed by atoms with E-state index in [0.29, 0.717) is 46.3 Å². The summed E-state index contributed by atoms with van der Waals surface area (Å²) in [4.78, 5) is 25.3. The minimum Gasteiger partial charge on any atom is -0.496 e. The lowest BCUT2D eigenvalue weighted by Crippen LogP contribution is -2.10. The normalized spacial score (nSPS) is 13.3. The molecule has 0 saturated heterocycles. The molecule has 4 rings (SSSR count). The van der Waals surface area contributed by atoms with Gasteiger partial charge in [0, 0.05) is 6.07 Å². The van der Waals surface area contributed by atoms with Crippen molar-refractivity contribution in [2.45, 2.75) is 6.92 Å². The van der Waals surface area contributed by atoms with E-state index >= 15 is 0 Å². The molecular formula is C26H22O7. The molecule has 0 aromatic heterocycles. The van der Waals surface area contributed by atoms with Crippen LogP contribution in [0.3, 0.4) is 0 Å². The molecule has 3 aromatic rings. The van der Waals surface area contributed by atoms with Gasteiger partial charge in [0.15, 0.2) is 17.3 Å². The number of rotatable bonds is 7. The molecule has 0 atom stereocenters. The van der Waals surface area contributed by atoms with Gasteiger partial charge in [-0.2, -0.15) is 0 Å². The Morgan fingerprint density at radius 1 is 0.939 bits per heavy atom. The molecule has 7 nitrogen and oxygen atoms in total. The number of carbonyl (C=O) groups is 2. The predicted molar refractivity (Wildman–Crippen MR) is 121 cm³/mol. The number of allylic oxidation sites excluding steroid dienone is 1. The van der Waals surface area contributed by atoms with E-state index in [1.807, 2.05) is 6.92 Å². The number of fused-ring (bicyclic) bond motifs is 1. The van der Waals surface area contributed by atoms with Crippen LogP contribution in [-0.4, -0.2) is 32.6 Å². The van der Waals surface area contributed by atoms with Gasteiger partial charge in [0.05, 0.1) is 26.4 Å². The van der Waals surface area contributed by atoms with Crippen LogP contribution >= 0.6 is 0 Å². The molecule has 168 valence electrons. The summed E-state index contributed by atoms with van der Waals surface area (Å²) in [6.45, 7) is 2.40. The van der Waals surface area contributed by atoms with Gasteiger partial charge < -0.3 is 23.7 Å². The zero-order chi connectivity index (χ0) is 23.4. The molecule has 33 heavy (non-hydrogen) atoms. The Morgan fingerprint density at radius 2 is 1.73 bits per heavy atom. The highest BCUT2D eigenvalue weighted by Crippen LogP contribution is 2.36. The fraction of sp³-hybridized carbons (Fsp3) is 0.154. The summed E-state index contributed by atoms with van der Waals surface area (Å²) in [7, 11) is 2.95. The number of hydrogen-bond acceptors (Lipinski definition) is 7. The predicted octanol–water partition coefficient (Wildman–Crippen LogP) is 4.94. The lowest BCUT2D eigenvalue weighted by molar-refractivity contribution is 0.0726. The third-order valence-corrected chi connectivity index (χ3v) is 4.97. The average molecular weight is 446 g/mol. The molecule has 0 amide bonds. The lowest BCUT2D eigenvalue weighted by Gasteiger charge is -2.11. The number of carbonyl (C=O) groups excluding carboxylic acids is 2. The first-order chi connectivity index (χ1) is 16.0. The minimum absolute atomic E-state index is 0.180. The summed E-state index contributed by atoms with van der Waals surface area (Å²) in [5, 5.41) is 0. The standard InChI is InChI=1S/C26H22O7/c1-4-31-17-10-11-18-22(15-17)32-24(25(18)27)14-16-9-12-21(23(13-16)30-3)33-26(28)19-7-5-6-8-20(19)29-2/h5-15H,4H2,1-3H3/b24-14-. The van der Waals surface area contributed by atoms with Crippen molar-refractivity contribution < 1.29 is 33.3 Å². The second-order valence-electron chi connectivity index (χ2n) is 7.03. The second kappa shape index (κ2) is 9.48. The van der Waals surface area contributed by atoms with Crippen LogP contribution in [0, 0.1) is 0 Å². The molecule has 0 aliphatic carbocycles. The summed E-state index contributed by atoms with van der Waals surface area (Å²) >= 11 is 0. The fourth-order valence-corrected chi connectivity index (χ4v) is 3.40. The average Bonchev–Trinajstić information content (AvgIpc) is 3.14. The molecule has 0 unspecified atom stereocenters. The molecule has 3 aromatic carbocycles. The lowest BCUT2D eigenvalue weighted by atomic mass is 10.1. The van der Waals surface area contributed by atoms with Crippen LogP contribution < -0.4 is 23.7 Å². The fourth-order valence-electron chi connectivity index (χ4n) is 3.40. The Bertz CT molecular complexity index is 1240. The minimum atomic E-state index is -0.577. The Morgan fingerprint density at radius 3 is 2.48 bits per heavy atom. The van der Waals surface area contributed by atoms with Crippen molar-refractivity contribution in [1.82, 2.24) is 0 Å². The van der Waals surface area contributed by atoms with E-state index in [9.17, 15) is 9.59 Å². The number of para-hydroxylation sites is 1. The molecule has 0 saturated carbocycles. The zero-order valence-corrected chi connectivity index (χ0v) is 18.4. The molecule has 1 aliphatic rings. The molecule has 0 bridgehead atoms. The van der Waals surface area contributed by atoms with E-state index in [4.69, 9.17) is 23.7 Å². The summed E-state index contributed by atoms with van der Waals surface area (Å²) in [6, 6.07) is 16.8. The van der Waals surface area contributed by atoms with Crippen molar-refractivity contribution in [3.05, 3.63) is 83.1 Å². The smallest absolute Gasteiger partial charge is 0.347 e. The van der Waals surface area contributed by atoms with Gasteiger partial charge in [0.25, 0.3) is 0 Å². The first-order valence-electron chi connectivity index (χ1n) is 10.3. The third kappa shape index (κ3) is 4.52. The van der Waals surface area contributed by atoms with Gasteiger partial charge in [-0.25, -0.2) is 4.79 Å². The van der Waals surface area contributed by atoms with E-state index in [-0.39, 0.29) is 17.3 Å². The third-order valence-electron chi connectivity index (χ3n) is 4.97. The second-order valence-corrected chi connectivity index (χ2v) is 7.03. The van der Waals surface area contributed by atoms with E-state index in [2.05, 4.69) is 0 Å². The topological polar surface area (TPSA) is 80.3 Å². The van der Waals surface area contributed by atoms with Crippen molar-refractivity contribution in [2.24, 2.45) is 0 Å². The number of ether oxygens (including phenoxy) is 5. The molecule has 0 spiro atoms. The van der Waals surface area contributed by atoms with Crippen LogP contribution in [0.5, 0.6) is 28.7 Å². The highest BCUT2D eigenvalue weighted by molar-refractivity contribution is 6.14. The molecule has 0 fully saturated rings. The van der Waals surface area contributed by atoms with Gasteiger partial charge in [-0.05, 0) is 55.0 Å². The summed E-state index contributed by atoms with van der Waals surface area (Å²) < 4.78 is 27.4. The first kappa shape index (κ1) is 22.0. The number of benzene rings is 3.